The molecule has 0 atom stereocenters. The molecule has 7 heteroatoms. The lowest BCUT2D eigenvalue weighted by molar-refractivity contribution is 0.0821. The molecule has 0 unspecified atom stereocenters. The largest absolute Gasteiger partial charge is 0.345 e. The molecule has 0 fully saturated rings. The third-order valence-corrected chi connectivity index (χ3v) is 4.43. The van der Waals surface area contributed by atoms with E-state index in [4.69, 9.17) is 5.10 Å². The molecule has 0 aromatic carbocycles. The number of aromatic nitrogens is 4. The Kier molecular flexibility index (Phi) is 6.03. The summed E-state index contributed by atoms with van der Waals surface area (Å²) in [5.41, 5.74) is 3.76. The number of carbonyl (C=O) groups excluding carboxylic acids is 1. The number of hydrogen-bond acceptors (Lipinski definition) is 5. The zero-order valence-corrected chi connectivity index (χ0v) is 16.8. The molecule has 3 heterocycles. The zero-order valence-electron chi connectivity index (χ0n) is 16.8. The first-order valence-electron chi connectivity index (χ1n) is 9.30. The molecule has 1 aliphatic rings. The number of carbonyl (C=O) groups is 1. The van der Waals surface area contributed by atoms with Gasteiger partial charge in [0.05, 0.1) is 31.2 Å². The minimum absolute atomic E-state index is 0.152. The SMILES string of the molecule is C\C=C/C=C(\C=C/C)Cn1cc2c(n1)CN(c1cncc(C(=O)N(C)C)n1)C2. The number of hydrogen-bond donors (Lipinski definition) is 0. The Hall–Kier alpha value is -3.22. The topological polar surface area (TPSA) is 67.2 Å². The molecule has 0 bridgehead atoms. The van der Waals surface area contributed by atoms with Crippen LogP contribution in [0.5, 0.6) is 0 Å². The first-order valence-corrected chi connectivity index (χ1v) is 9.30. The van der Waals surface area contributed by atoms with Gasteiger partial charge in [-0.2, -0.15) is 5.10 Å². The molecule has 1 aliphatic heterocycles. The fourth-order valence-electron chi connectivity index (χ4n) is 3.08. The summed E-state index contributed by atoms with van der Waals surface area (Å²) in [5.74, 6) is 0.542. The number of rotatable bonds is 6. The number of amides is 1. The van der Waals surface area contributed by atoms with Crippen LogP contribution in [0.15, 0.2) is 54.5 Å². The molecule has 0 saturated carbocycles. The average Bonchev–Trinajstić information content (AvgIpc) is 3.24. The summed E-state index contributed by atoms with van der Waals surface area (Å²) in [7, 11) is 3.41. The summed E-state index contributed by atoms with van der Waals surface area (Å²) in [5, 5.41) is 4.74. The molecule has 3 rings (SSSR count). The van der Waals surface area contributed by atoms with Gasteiger partial charge in [0, 0.05) is 32.4 Å². The van der Waals surface area contributed by atoms with E-state index in [1.165, 1.54) is 22.2 Å². The summed E-state index contributed by atoms with van der Waals surface area (Å²) in [6, 6.07) is 0. The monoisotopic (exact) mass is 378 g/mol. The zero-order chi connectivity index (χ0) is 20.1. The van der Waals surface area contributed by atoms with Crippen LogP contribution < -0.4 is 4.90 Å². The smallest absolute Gasteiger partial charge is 0.273 e. The van der Waals surface area contributed by atoms with Crippen molar-refractivity contribution >= 4 is 11.7 Å². The van der Waals surface area contributed by atoms with Crippen molar-refractivity contribution < 1.29 is 4.79 Å². The number of allylic oxidation sites excluding steroid dienone is 6. The summed E-state index contributed by atoms with van der Waals surface area (Å²) in [4.78, 5) is 24.4. The molecule has 0 N–H and O–H groups in total. The highest BCUT2D eigenvalue weighted by Gasteiger charge is 2.25. The second-order valence-electron chi connectivity index (χ2n) is 6.88. The third kappa shape index (κ3) is 4.36. The lowest BCUT2D eigenvalue weighted by Crippen LogP contribution is -2.24. The molecule has 0 spiro atoms. The molecular formula is C21H26N6O. The highest BCUT2D eigenvalue weighted by atomic mass is 16.2. The van der Waals surface area contributed by atoms with Crippen LogP contribution in [-0.2, 0) is 19.6 Å². The summed E-state index contributed by atoms with van der Waals surface area (Å²) >= 11 is 0. The quantitative estimate of drug-likeness (QED) is 0.723. The van der Waals surface area contributed by atoms with Crippen molar-refractivity contribution in [3.05, 3.63) is 71.5 Å². The fourth-order valence-corrected chi connectivity index (χ4v) is 3.08. The Balaban J connectivity index is 1.73. The number of nitrogens with zero attached hydrogens (tertiary/aromatic N) is 6. The van der Waals surface area contributed by atoms with Crippen LogP contribution in [0.3, 0.4) is 0 Å². The molecule has 0 aliphatic carbocycles. The van der Waals surface area contributed by atoms with Gasteiger partial charge in [-0.3, -0.25) is 14.5 Å². The summed E-state index contributed by atoms with van der Waals surface area (Å²) < 4.78 is 1.98. The minimum atomic E-state index is -0.152. The van der Waals surface area contributed by atoms with Crippen molar-refractivity contribution in [2.75, 3.05) is 19.0 Å². The molecule has 2 aromatic heterocycles. The van der Waals surface area contributed by atoms with E-state index in [2.05, 4.69) is 33.2 Å². The van der Waals surface area contributed by atoms with Gasteiger partial charge in [0.25, 0.3) is 5.91 Å². The van der Waals surface area contributed by atoms with E-state index in [0.717, 1.165) is 12.2 Å². The maximum absolute atomic E-state index is 12.1. The van der Waals surface area contributed by atoms with Crippen molar-refractivity contribution in [1.82, 2.24) is 24.6 Å². The second-order valence-corrected chi connectivity index (χ2v) is 6.88. The van der Waals surface area contributed by atoms with Crippen LogP contribution in [0.1, 0.15) is 35.6 Å². The first kappa shape index (κ1) is 19.5. The van der Waals surface area contributed by atoms with Crippen molar-refractivity contribution in [3.63, 3.8) is 0 Å². The van der Waals surface area contributed by atoms with Gasteiger partial charge in [-0.15, -0.1) is 0 Å². The Bertz CT molecular complexity index is 915. The van der Waals surface area contributed by atoms with Crippen LogP contribution in [0.2, 0.25) is 0 Å². The van der Waals surface area contributed by atoms with Gasteiger partial charge < -0.3 is 9.80 Å². The van der Waals surface area contributed by atoms with E-state index in [9.17, 15) is 4.79 Å². The third-order valence-electron chi connectivity index (χ3n) is 4.43. The first-order chi connectivity index (χ1) is 13.5. The molecule has 2 aromatic rings. The average molecular weight is 378 g/mol. The lowest BCUT2D eigenvalue weighted by Gasteiger charge is -2.17. The van der Waals surface area contributed by atoms with Crippen LogP contribution >= 0.6 is 0 Å². The second kappa shape index (κ2) is 8.65. The van der Waals surface area contributed by atoms with Crippen molar-refractivity contribution in [2.45, 2.75) is 33.5 Å². The van der Waals surface area contributed by atoms with Gasteiger partial charge in [-0.05, 0) is 19.4 Å². The highest BCUT2D eigenvalue weighted by Crippen LogP contribution is 2.26. The normalized spacial score (nSPS) is 14.3. The van der Waals surface area contributed by atoms with E-state index < -0.39 is 0 Å². The van der Waals surface area contributed by atoms with Gasteiger partial charge in [-0.25, -0.2) is 4.98 Å². The summed E-state index contributed by atoms with van der Waals surface area (Å²) in [6.45, 7) is 6.12. The van der Waals surface area contributed by atoms with E-state index in [1.807, 2.05) is 36.8 Å². The Morgan fingerprint density at radius 2 is 2.04 bits per heavy atom. The van der Waals surface area contributed by atoms with Crippen molar-refractivity contribution in [1.29, 1.82) is 0 Å². The van der Waals surface area contributed by atoms with Gasteiger partial charge in [0.15, 0.2) is 0 Å². The lowest BCUT2D eigenvalue weighted by atomic mass is 10.2. The molecule has 0 radical (unpaired) electrons. The van der Waals surface area contributed by atoms with Gasteiger partial charge in [-0.1, -0.05) is 30.4 Å². The molecular weight excluding hydrogens is 352 g/mol. The van der Waals surface area contributed by atoms with Gasteiger partial charge in [0.1, 0.15) is 11.5 Å². The van der Waals surface area contributed by atoms with Gasteiger partial charge >= 0.3 is 0 Å². The Labute approximate surface area is 165 Å². The van der Waals surface area contributed by atoms with E-state index in [0.29, 0.717) is 24.6 Å². The minimum Gasteiger partial charge on any atom is -0.345 e. The number of anilines is 1. The maximum Gasteiger partial charge on any atom is 0.273 e. The highest BCUT2D eigenvalue weighted by molar-refractivity contribution is 5.91. The van der Waals surface area contributed by atoms with Crippen LogP contribution in [0.25, 0.3) is 0 Å². The van der Waals surface area contributed by atoms with Crippen molar-refractivity contribution in [2.24, 2.45) is 0 Å². The number of fused-ring (bicyclic) bond motifs is 1. The predicted octanol–water partition coefficient (Wildman–Crippen LogP) is 2.97. The Morgan fingerprint density at radius 1 is 1.21 bits per heavy atom. The van der Waals surface area contributed by atoms with Crippen LogP contribution in [-0.4, -0.2) is 44.7 Å². The molecule has 7 nitrogen and oxygen atoms in total. The van der Waals surface area contributed by atoms with E-state index in [1.54, 1.807) is 20.3 Å². The fraction of sp³-hybridized carbons (Fsp3) is 0.333. The summed E-state index contributed by atoms with van der Waals surface area (Å²) in [6.07, 6.45) is 15.6. The Morgan fingerprint density at radius 3 is 2.71 bits per heavy atom. The van der Waals surface area contributed by atoms with E-state index in [-0.39, 0.29) is 5.91 Å². The standard InChI is InChI=1S/C21H26N6O/c1-5-7-9-16(8-6-2)12-27-14-17-13-26(15-19(17)24-27)20-11-22-10-18(23-20)21(28)25(3)4/h5-11,14H,12-13,15H2,1-4H3/b7-5-,8-6-,16-9+. The molecule has 28 heavy (non-hydrogen) atoms. The van der Waals surface area contributed by atoms with E-state index >= 15 is 0 Å². The predicted molar refractivity (Wildman–Crippen MR) is 110 cm³/mol. The van der Waals surface area contributed by atoms with Crippen LogP contribution in [0.4, 0.5) is 5.82 Å². The molecule has 0 saturated heterocycles. The van der Waals surface area contributed by atoms with Crippen LogP contribution in [0, 0.1) is 0 Å². The molecule has 1 amide bonds. The van der Waals surface area contributed by atoms with Crippen molar-refractivity contribution in [3.8, 4) is 0 Å². The maximum atomic E-state index is 12.1. The van der Waals surface area contributed by atoms with Gasteiger partial charge in [0.2, 0.25) is 0 Å². The molecule has 146 valence electrons.